The van der Waals surface area contributed by atoms with Crippen molar-refractivity contribution in [2.45, 2.75) is 25.7 Å². The van der Waals surface area contributed by atoms with Crippen LogP contribution in [0.1, 0.15) is 31.2 Å². The third-order valence-corrected chi connectivity index (χ3v) is 2.28. The average Bonchev–Trinajstić information content (AvgIpc) is 2.34. The summed E-state index contributed by atoms with van der Waals surface area (Å²) in [6.45, 7) is 1.13. The van der Waals surface area contributed by atoms with Crippen LogP contribution < -0.4 is 5.32 Å². The van der Waals surface area contributed by atoms with E-state index in [1.165, 1.54) is 0 Å². The number of nitrogens with one attached hydrogen (secondary N) is 1. The Labute approximate surface area is 95.9 Å². The first-order valence-corrected chi connectivity index (χ1v) is 5.57. The predicted molar refractivity (Wildman–Crippen MR) is 63.0 cm³/mol. The molecule has 1 heterocycles. The van der Waals surface area contributed by atoms with Gasteiger partial charge in [-0.1, -0.05) is 12.8 Å². The van der Waals surface area contributed by atoms with Crippen molar-refractivity contribution in [2.24, 2.45) is 0 Å². The second-order valence-electron chi connectivity index (χ2n) is 3.61. The van der Waals surface area contributed by atoms with E-state index in [1.54, 1.807) is 18.3 Å². The van der Waals surface area contributed by atoms with Crippen LogP contribution in [-0.4, -0.2) is 23.2 Å². The van der Waals surface area contributed by atoms with Crippen LogP contribution in [-0.2, 0) is 0 Å². The summed E-state index contributed by atoms with van der Waals surface area (Å²) in [5.74, 6) is 0.751. The Morgan fingerprint density at radius 1 is 1.31 bits per heavy atom. The molecule has 86 valence electrons. The largest absolute Gasteiger partial charge is 0.396 e. The van der Waals surface area contributed by atoms with Crippen LogP contribution >= 0.6 is 0 Å². The Kier molecular flexibility index (Phi) is 5.97. The molecule has 16 heavy (non-hydrogen) atoms. The van der Waals surface area contributed by atoms with E-state index < -0.39 is 0 Å². The molecule has 4 nitrogen and oxygen atoms in total. The van der Waals surface area contributed by atoms with Gasteiger partial charge in [0.2, 0.25) is 0 Å². The number of aliphatic hydroxyl groups excluding tert-OH is 1. The first kappa shape index (κ1) is 12.5. The smallest absolute Gasteiger partial charge is 0.127 e. The van der Waals surface area contributed by atoms with E-state index in [9.17, 15) is 0 Å². The van der Waals surface area contributed by atoms with Crippen molar-refractivity contribution in [3.8, 4) is 6.07 Å². The molecule has 0 spiro atoms. The van der Waals surface area contributed by atoms with Crippen LogP contribution in [0.15, 0.2) is 18.3 Å². The molecule has 0 bridgehead atoms. The standard InChI is InChI=1S/C12H17N3O/c13-10-11-5-7-15-12(9-11)14-6-3-1-2-4-8-16/h5,7,9,16H,1-4,6,8H2,(H,14,15). The van der Waals surface area contributed by atoms with Gasteiger partial charge < -0.3 is 10.4 Å². The van der Waals surface area contributed by atoms with Gasteiger partial charge in [0, 0.05) is 19.3 Å². The van der Waals surface area contributed by atoms with Crippen LogP contribution in [0, 0.1) is 11.3 Å². The zero-order valence-corrected chi connectivity index (χ0v) is 9.32. The lowest BCUT2D eigenvalue weighted by molar-refractivity contribution is 0.283. The Morgan fingerprint density at radius 3 is 2.88 bits per heavy atom. The highest BCUT2D eigenvalue weighted by molar-refractivity contribution is 5.42. The van der Waals surface area contributed by atoms with Crippen LogP contribution in [0.4, 0.5) is 5.82 Å². The molecule has 1 aromatic rings. The summed E-state index contributed by atoms with van der Waals surface area (Å²) in [4.78, 5) is 4.12. The first-order chi connectivity index (χ1) is 7.86. The minimum atomic E-state index is 0.277. The SMILES string of the molecule is N#Cc1ccnc(NCCCCCCO)c1. The molecule has 0 fully saturated rings. The molecule has 0 aromatic carbocycles. The third kappa shape index (κ3) is 4.76. The van der Waals surface area contributed by atoms with Crippen molar-refractivity contribution in [2.75, 3.05) is 18.5 Å². The average molecular weight is 219 g/mol. The highest BCUT2D eigenvalue weighted by Gasteiger charge is 1.95. The molecule has 0 saturated carbocycles. The molecule has 0 aliphatic heterocycles. The maximum atomic E-state index is 8.70. The van der Waals surface area contributed by atoms with Crippen LogP contribution in [0.25, 0.3) is 0 Å². The number of aliphatic hydroxyl groups is 1. The highest BCUT2D eigenvalue weighted by Crippen LogP contribution is 2.06. The maximum Gasteiger partial charge on any atom is 0.127 e. The van der Waals surface area contributed by atoms with Gasteiger partial charge in [-0.25, -0.2) is 4.98 Å². The fourth-order valence-corrected chi connectivity index (χ4v) is 1.40. The molecular weight excluding hydrogens is 202 g/mol. The number of rotatable bonds is 7. The maximum absolute atomic E-state index is 8.70. The Morgan fingerprint density at radius 2 is 2.12 bits per heavy atom. The van der Waals surface area contributed by atoms with Crippen molar-refractivity contribution in [1.82, 2.24) is 4.98 Å². The molecule has 0 aliphatic rings. The monoisotopic (exact) mass is 219 g/mol. The fraction of sp³-hybridized carbons (Fsp3) is 0.500. The molecule has 0 atom stereocenters. The van der Waals surface area contributed by atoms with Gasteiger partial charge in [-0.2, -0.15) is 5.26 Å². The zero-order valence-electron chi connectivity index (χ0n) is 9.32. The minimum Gasteiger partial charge on any atom is -0.396 e. The van der Waals surface area contributed by atoms with Crippen molar-refractivity contribution in [3.05, 3.63) is 23.9 Å². The van der Waals surface area contributed by atoms with Gasteiger partial charge in [0.05, 0.1) is 11.6 Å². The molecule has 4 heteroatoms. The number of hydrogen-bond acceptors (Lipinski definition) is 4. The van der Waals surface area contributed by atoms with E-state index in [1.807, 2.05) is 0 Å². The van der Waals surface area contributed by atoms with Gasteiger partial charge in [0.1, 0.15) is 5.82 Å². The topological polar surface area (TPSA) is 68.9 Å². The lowest BCUT2D eigenvalue weighted by Crippen LogP contribution is -2.03. The summed E-state index contributed by atoms with van der Waals surface area (Å²) in [6.07, 6.45) is 5.72. The third-order valence-electron chi connectivity index (χ3n) is 2.28. The quantitative estimate of drug-likeness (QED) is 0.687. The van der Waals surface area contributed by atoms with Gasteiger partial charge in [0.15, 0.2) is 0 Å². The normalized spacial score (nSPS) is 9.75. The number of pyridine rings is 1. The zero-order chi connectivity index (χ0) is 11.6. The number of nitrogens with zero attached hydrogens (tertiary/aromatic N) is 2. The van der Waals surface area contributed by atoms with Crippen molar-refractivity contribution in [3.63, 3.8) is 0 Å². The number of anilines is 1. The molecule has 0 amide bonds. The second-order valence-corrected chi connectivity index (χ2v) is 3.61. The van der Waals surface area contributed by atoms with E-state index >= 15 is 0 Å². The van der Waals surface area contributed by atoms with E-state index in [0.717, 1.165) is 38.0 Å². The van der Waals surface area contributed by atoms with Crippen molar-refractivity contribution in [1.29, 1.82) is 5.26 Å². The van der Waals surface area contributed by atoms with Crippen molar-refractivity contribution < 1.29 is 5.11 Å². The Balaban J connectivity index is 2.19. The Hall–Kier alpha value is -1.60. The van der Waals surface area contributed by atoms with Crippen molar-refractivity contribution >= 4 is 5.82 Å². The molecule has 0 radical (unpaired) electrons. The summed E-state index contributed by atoms with van der Waals surface area (Å²) in [5.41, 5.74) is 0.623. The van der Waals surface area contributed by atoms with E-state index in [-0.39, 0.29) is 6.61 Å². The lowest BCUT2D eigenvalue weighted by atomic mass is 10.2. The molecule has 0 saturated heterocycles. The molecule has 0 aliphatic carbocycles. The summed E-state index contributed by atoms with van der Waals surface area (Å²) < 4.78 is 0. The van der Waals surface area contributed by atoms with E-state index in [4.69, 9.17) is 10.4 Å². The molecule has 2 N–H and O–H groups in total. The first-order valence-electron chi connectivity index (χ1n) is 5.57. The summed E-state index contributed by atoms with van der Waals surface area (Å²) >= 11 is 0. The number of unbranched alkanes of at least 4 members (excludes halogenated alkanes) is 3. The predicted octanol–water partition coefficient (Wildman–Crippen LogP) is 1.92. The van der Waals surface area contributed by atoms with Gasteiger partial charge in [0.25, 0.3) is 0 Å². The number of nitriles is 1. The van der Waals surface area contributed by atoms with Gasteiger partial charge >= 0.3 is 0 Å². The van der Waals surface area contributed by atoms with Gasteiger partial charge in [-0.15, -0.1) is 0 Å². The summed E-state index contributed by atoms with van der Waals surface area (Å²) in [7, 11) is 0. The fourth-order valence-electron chi connectivity index (χ4n) is 1.40. The molecule has 0 unspecified atom stereocenters. The molecular formula is C12H17N3O. The van der Waals surface area contributed by atoms with Gasteiger partial charge in [-0.05, 0) is 25.0 Å². The van der Waals surface area contributed by atoms with E-state index in [2.05, 4.69) is 16.4 Å². The van der Waals surface area contributed by atoms with Crippen LogP contribution in [0.2, 0.25) is 0 Å². The lowest BCUT2D eigenvalue weighted by Gasteiger charge is -2.04. The molecule has 1 rings (SSSR count). The van der Waals surface area contributed by atoms with Gasteiger partial charge in [-0.3, -0.25) is 0 Å². The van der Waals surface area contributed by atoms with Crippen LogP contribution in [0.3, 0.4) is 0 Å². The summed E-state index contributed by atoms with van der Waals surface area (Å²) in [5, 5.41) is 20.5. The minimum absolute atomic E-state index is 0.277. The summed E-state index contributed by atoms with van der Waals surface area (Å²) in [6, 6.07) is 5.51. The molecule has 1 aromatic heterocycles. The second kappa shape index (κ2) is 7.66. The highest BCUT2D eigenvalue weighted by atomic mass is 16.2. The number of aromatic nitrogens is 1. The van der Waals surface area contributed by atoms with Crippen LogP contribution in [0.5, 0.6) is 0 Å². The Bertz CT molecular complexity index is 346. The number of hydrogen-bond donors (Lipinski definition) is 2. The van der Waals surface area contributed by atoms with E-state index in [0.29, 0.717) is 5.56 Å².